The number of nitrogens with one attached hydrogen (secondary N) is 2. The van der Waals surface area contributed by atoms with Gasteiger partial charge in [0.05, 0.1) is 17.1 Å². The highest BCUT2D eigenvalue weighted by Crippen LogP contribution is 2.22. The van der Waals surface area contributed by atoms with Crippen LogP contribution in [-0.2, 0) is 17.6 Å². The number of aromatic nitrogens is 4. The van der Waals surface area contributed by atoms with E-state index in [1.54, 1.807) is 0 Å². The van der Waals surface area contributed by atoms with Crippen molar-refractivity contribution in [3.63, 3.8) is 0 Å². The monoisotopic (exact) mass is 369 g/mol. The molecule has 0 radical (unpaired) electrons. The van der Waals surface area contributed by atoms with Crippen LogP contribution in [0.15, 0.2) is 28.8 Å². The first kappa shape index (κ1) is 19.1. The van der Waals surface area contributed by atoms with E-state index in [0.717, 1.165) is 36.1 Å². The molecule has 0 fully saturated rings. The summed E-state index contributed by atoms with van der Waals surface area (Å²) in [6, 6.07) is 7.73. The van der Waals surface area contributed by atoms with Gasteiger partial charge in [-0.3, -0.25) is 4.79 Å². The highest BCUT2D eigenvalue weighted by Gasteiger charge is 2.20. The topological polar surface area (TPSA) is 96.7 Å². The van der Waals surface area contributed by atoms with Crippen molar-refractivity contribution in [2.75, 3.05) is 0 Å². The maximum absolute atomic E-state index is 12.5. The van der Waals surface area contributed by atoms with Crippen LogP contribution in [0.5, 0.6) is 0 Å². The lowest BCUT2D eigenvalue weighted by Crippen LogP contribution is -2.30. The molecular weight excluding hydrogens is 342 g/mol. The van der Waals surface area contributed by atoms with E-state index < -0.39 is 0 Å². The van der Waals surface area contributed by atoms with E-state index in [1.165, 1.54) is 0 Å². The van der Waals surface area contributed by atoms with Gasteiger partial charge in [0, 0.05) is 19.3 Å². The van der Waals surface area contributed by atoms with E-state index in [4.69, 9.17) is 4.52 Å². The van der Waals surface area contributed by atoms with Crippen LogP contribution >= 0.6 is 0 Å². The molecule has 0 bridgehead atoms. The number of benzene rings is 1. The van der Waals surface area contributed by atoms with E-state index in [9.17, 15) is 4.79 Å². The fourth-order valence-corrected chi connectivity index (χ4v) is 3.05. The van der Waals surface area contributed by atoms with Crippen LogP contribution in [0.2, 0.25) is 0 Å². The molecule has 0 spiro atoms. The molecule has 0 saturated heterocycles. The summed E-state index contributed by atoms with van der Waals surface area (Å²) < 4.78 is 5.20. The van der Waals surface area contributed by atoms with Gasteiger partial charge < -0.3 is 14.8 Å². The number of para-hydroxylation sites is 2. The molecule has 7 heteroatoms. The number of fused-ring (bicyclic) bond motifs is 1. The zero-order chi connectivity index (χ0) is 19.2. The second-order valence-corrected chi connectivity index (χ2v) is 7.24. The predicted octanol–water partition coefficient (Wildman–Crippen LogP) is 3.73. The summed E-state index contributed by atoms with van der Waals surface area (Å²) in [5, 5.41) is 7.03. The summed E-state index contributed by atoms with van der Waals surface area (Å²) in [6.45, 7) is 6.33. The fraction of sp³-hybridized carbons (Fsp3) is 0.500. The minimum absolute atomic E-state index is 0.0450. The third-order valence-electron chi connectivity index (χ3n) is 4.33. The summed E-state index contributed by atoms with van der Waals surface area (Å²) in [5.74, 6) is 2.39. The van der Waals surface area contributed by atoms with Crippen LogP contribution < -0.4 is 5.32 Å². The third kappa shape index (κ3) is 5.15. The standard InChI is InChI=1S/C20H27N5O2/c1-4-7-17-24-19(27-25-17)11-10-18(26)21-16(12-13(2)3)20-22-14-8-5-6-9-15(14)23-20/h5-6,8-9,13,16H,4,7,10-12H2,1-3H3,(H,21,26)(H,22,23). The molecule has 0 aliphatic carbocycles. The fourth-order valence-electron chi connectivity index (χ4n) is 3.05. The molecule has 0 saturated carbocycles. The minimum Gasteiger partial charge on any atom is -0.346 e. The maximum atomic E-state index is 12.5. The average molecular weight is 369 g/mol. The van der Waals surface area contributed by atoms with Crippen molar-refractivity contribution < 1.29 is 9.32 Å². The van der Waals surface area contributed by atoms with Crippen molar-refractivity contribution in [3.8, 4) is 0 Å². The van der Waals surface area contributed by atoms with E-state index in [-0.39, 0.29) is 11.9 Å². The molecule has 0 aliphatic heterocycles. The Bertz CT molecular complexity index is 850. The van der Waals surface area contributed by atoms with Gasteiger partial charge in [0.1, 0.15) is 5.82 Å². The van der Waals surface area contributed by atoms with Crippen molar-refractivity contribution in [2.45, 2.75) is 58.9 Å². The van der Waals surface area contributed by atoms with Gasteiger partial charge in [-0.2, -0.15) is 4.98 Å². The number of nitrogens with zero attached hydrogens (tertiary/aromatic N) is 3. The lowest BCUT2D eigenvalue weighted by Gasteiger charge is -2.18. The Balaban J connectivity index is 1.63. The van der Waals surface area contributed by atoms with Gasteiger partial charge in [-0.1, -0.05) is 38.1 Å². The molecule has 1 amide bonds. The number of imidazole rings is 1. The quantitative estimate of drug-likeness (QED) is 0.599. The van der Waals surface area contributed by atoms with Gasteiger partial charge in [-0.05, 0) is 30.9 Å². The molecule has 2 N–H and O–H groups in total. The minimum atomic E-state index is -0.150. The maximum Gasteiger partial charge on any atom is 0.227 e. The number of aromatic amines is 1. The first-order valence-corrected chi connectivity index (χ1v) is 9.60. The van der Waals surface area contributed by atoms with Crippen molar-refractivity contribution in [2.24, 2.45) is 5.92 Å². The first-order valence-electron chi connectivity index (χ1n) is 9.60. The first-order chi connectivity index (χ1) is 13.0. The number of aryl methyl sites for hydroxylation is 2. The zero-order valence-corrected chi connectivity index (χ0v) is 16.2. The van der Waals surface area contributed by atoms with Gasteiger partial charge in [-0.25, -0.2) is 4.98 Å². The van der Waals surface area contributed by atoms with Crippen molar-refractivity contribution in [1.82, 2.24) is 25.4 Å². The Morgan fingerprint density at radius 3 is 2.78 bits per heavy atom. The molecule has 27 heavy (non-hydrogen) atoms. The van der Waals surface area contributed by atoms with Crippen LogP contribution in [0.1, 0.15) is 63.6 Å². The molecule has 2 heterocycles. The number of carbonyl (C=O) groups is 1. The summed E-state index contributed by atoms with van der Waals surface area (Å²) in [6.07, 6.45) is 3.32. The van der Waals surface area contributed by atoms with Crippen molar-refractivity contribution >= 4 is 16.9 Å². The zero-order valence-electron chi connectivity index (χ0n) is 16.2. The number of amides is 1. The van der Waals surface area contributed by atoms with E-state index in [0.29, 0.717) is 30.5 Å². The molecule has 7 nitrogen and oxygen atoms in total. The second-order valence-electron chi connectivity index (χ2n) is 7.24. The van der Waals surface area contributed by atoms with Crippen molar-refractivity contribution in [3.05, 3.63) is 41.8 Å². The van der Waals surface area contributed by atoms with E-state index >= 15 is 0 Å². The van der Waals surface area contributed by atoms with Gasteiger partial charge >= 0.3 is 0 Å². The van der Waals surface area contributed by atoms with E-state index in [1.807, 2.05) is 24.3 Å². The average Bonchev–Trinajstić information content (AvgIpc) is 3.26. The van der Waals surface area contributed by atoms with Gasteiger partial charge in [0.2, 0.25) is 11.8 Å². The SMILES string of the molecule is CCCc1noc(CCC(=O)NC(CC(C)C)c2nc3ccccc3[nH]2)n1. The number of hydrogen-bond acceptors (Lipinski definition) is 5. The van der Waals surface area contributed by atoms with Crippen LogP contribution in [0.3, 0.4) is 0 Å². The lowest BCUT2D eigenvalue weighted by molar-refractivity contribution is -0.122. The van der Waals surface area contributed by atoms with Crippen LogP contribution in [0, 0.1) is 5.92 Å². The van der Waals surface area contributed by atoms with Gasteiger partial charge in [-0.15, -0.1) is 0 Å². The van der Waals surface area contributed by atoms with Gasteiger partial charge in [0.15, 0.2) is 5.82 Å². The molecule has 1 unspecified atom stereocenters. The molecule has 144 valence electrons. The van der Waals surface area contributed by atoms with Crippen LogP contribution in [-0.4, -0.2) is 26.0 Å². The Hall–Kier alpha value is -2.70. The van der Waals surface area contributed by atoms with Gasteiger partial charge in [0.25, 0.3) is 0 Å². The lowest BCUT2D eigenvalue weighted by atomic mass is 10.0. The predicted molar refractivity (Wildman–Crippen MR) is 103 cm³/mol. The smallest absolute Gasteiger partial charge is 0.227 e. The molecule has 1 aromatic carbocycles. The largest absolute Gasteiger partial charge is 0.346 e. The summed E-state index contributed by atoms with van der Waals surface area (Å²) in [5.41, 5.74) is 1.88. The van der Waals surface area contributed by atoms with E-state index in [2.05, 4.69) is 46.2 Å². The summed E-state index contributed by atoms with van der Waals surface area (Å²) in [7, 11) is 0. The molecule has 3 aromatic rings. The normalized spacial score (nSPS) is 12.6. The van der Waals surface area contributed by atoms with Crippen molar-refractivity contribution in [1.29, 1.82) is 0 Å². The molecule has 0 aliphatic rings. The number of H-pyrrole nitrogens is 1. The molecular formula is C20H27N5O2. The van der Waals surface area contributed by atoms with Crippen LogP contribution in [0.4, 0.5) is 0 Å². The Morgan fingerprint density at radius 2 is 2.04 bits per heavy atom. The number of rotatable bonds is 9. The summed E-state index contributed by atoms with van der Waals surface area (Å²) in [4.78, 5) is 24.8. The Kier molecular flexibility index (Phi) is 6.21. The highest BCUT2D eigenvalue weighted by atomic mass is 16.5. The molecule has 1 atom stereocenters. The van der Waals surface area contributed by atoms with Crippen LogP contribution in [0.25, 0.3) is 11.0 Å². The highest BCUT2D eigenvalue weighted by molar-refractivity contribution is 5.77. The molecule has 3 rings (SSSR count). The number of carbonyl (C=O) groups excluding carboxylic acids is 1. The second kappa shape index (κ2) is 8.79. The number of hydrogen-bond donors (Lipinski definition) is 2. The Labute approximate surface area is 159 Å². The Morgan fingerprint density at radius 1 is 1.22 bits per heavy atom. The third-order valence-corrected chi connectivity index (χ3v) is 4.33. The summed E-state index contributed by atoms with van der Waals surface area (Å²) >= 11 is 0. The molecule has 2 aromatic heterocycles.